The van der Waals surface area contributed by atoms with E-state index in [0.29, 0.717) is 22.5 Å². The molecule has 0 atom stereocenters. The van der Waals surface area contributed by atoms with Gasteiger partial charge in [-0.2, -0.15) is 0 Å². The number of hydrogen-bond donors (Lipinski definition) is 2. The predicted molar refractivity (Wildman–Crippen MR) is 81.6 cm³/mol. The third kappa shape index (κ3) is 2.71. The van der Waals surface area contributed by atoms with Crippen LogP contribution in [0.5, 0.6) is 0 Å². The molecule has 6 heteroatoms. The molecule has 0 saturated carbocycles. The molecule has 0 aliphatic rings. The highest BCUT2D eigenvalue weighted by Gasteiger charge is 2.16. The summed E-state index contributed by atoms with van der Waals surface area (Å²) in [6.45, 7) is 0.370. The molecule has 3 N–H and O–H groups in total. The van der Waals surface area contributed by atoms with E-state index in [9.17, 15) is 9.18 Å². The lowest BCUT2D eigenvalue weighted by Gasteiger charge is -2.04. The van der Waals surface area contributed by atoms with Gasteiger partial charge in [-0.05, 0) is 29.8 Å². The number of nitrogens with two attached hydrogens (primary N) is 1. The quantitative estimate of drug-likeness (QED) is 0.781. The highest BCUT2D eigenvalue weighted by Crippen LogP contribution is 2.33. The van der Waals surface area contributed by atoms with Gasteiger partial charge < -0.3 is 11.1 Å². The van der Waals surface area contributed by atoms with Crippen molar-refractivity contribution >= 4 is 33.0 Å². The first-order valence-corrected chi connectivity index (χ1v) is 7.11. The van der Waals surface area contributed by atoms with Crippen LogP contribution in [0.4, 0.5) is 10.1 Å². The SMILES string of the molecule is Nc1c(C(=O)NCc2cccnc2)sc2ccc(F)cc12. The fourth-order valence-corrected chi connectivity index (χ4v) is 3.04. The van der Waals surface area contributed by atoms with Crippen molar-refractivity contribution in [2.45, 2.75) is 6.54 Å². The lowest BCUT2D eigenvalue weighted by molar-refractivity contribution is 0.0956. The molecule has 0 aliphatic heterocycles. The van der Waals surface area contributed by atoms with Gasteiger partial charge in [0.15, 0.2) is 0 Å². The van der Waals surface area contributed by atoms with Crippen molar-refractivity contribution in [2.24, 2.45) is 0 Å². The highest BCUT2D eigenvalue weighted by molar-refractivity contribution is 7.21. The van der Waals surface area contributed by atoms with E-state index in [4.69, 9.17) is 5.73 Å². The Morgan fingerprint density at radius 3 is 3.00 bits per heavy atom. The third-order valence-electron chi connectivity index (χ3n) is 3.07. The summed E-state index contributed by atoms with van der Waals surface area (Å²) in [6, 6.07) is 8.01. The van der Waals surface area contributed by atoms with Gasteiger partial charge in [0.05, 0.1) is 5.69 Å². The number of carbonyl (C=O) groups is 1. The number of hydrogen-bond acceptors (Lipinski definition) is 4. The van der Waals surface area contributed by atoms with Gasteiger partial charge in [-0.1, -0.05) is 6.07 Å². The van der Waals surface area contributed by atoms with Crippen LogP contribution in [0.15, 0.2) is 42.7 Å². The average molecular weight is 301 g/mol. The summed E-state index contributed by atoms with van der Waals surface area (Å²) < 4.78 is 14.0. The Bertz CT molecular complexity index is 801. The van der Waals surface area contributed by atoms with Gasteiger partial charge in [0, 0.05) is 29.0 Å². The molecule has 2 aromatic heterocycles. The molecule has 0 bridgehead atoms. The fraction of sp³-hybridized carbons (Fsp3) is 0.0667. The van der Waals surface area contributed by atoms with Crippen molar-refractivity contribution in [3.63, 3.8) is 0 Å². The number of amides is 1. The van der Waals surface area contributed by atoms with E-state index in [1.165, 1.54) is 23.5 Å². The number of fused-ring (bicyclic) bond motifs is 1. The molecule has 0 fully saturated rings. The number of rotatable bonds is 3. The summed E-state index contributed by atoms with van der Waals surface area (Å²) in [4.78, 5) is 16.6. The number of halogens is 1. The number of thiophene rings is 1. The second kappa shape index (κ2) is 5.49. The minimum atomic E-state index is -0.366. The first-order chi connectivity index (χ1) is 10.1. The Hall–Kier alpha value is -2.47. The maximum Gasteiger partial charge on any atom is 0.263 e. The van der Waals surface area contributed by atoms with Crippen LogP contribution in [0.3, 0.4) is 0 Å². The van der Waals surface area contributed by atoms with Crippen LogP contribution >= 0.6 is 11.3 Å². The van der Waals surface area contributed by atoms with Crippen LogP contribution in [0.25, 0.3) is 10.1 Å². The molecule has 0 spiro atoms. The lowest BCUT2D eigenvalue weighted by Crippen LogP contribution is -2.22. The summed E-state index contributed by atoms with van der Waals surface area (Å²) in [5.74, 6) is -0.632. The second-order valence-electron chi connectivity index (χ2n) is 4.53. The van der Waals surface area contributed by atoms with Gasteiger partial charge in [0.2, 0.25) is 0 Å². The van der Waals surface area contributed by atoms with Crippen LogP contribution in [0, 0.1) is 5.82 Å². The normalized spacial score (nSPS) is 10.7. The van der Waals surface area contributed by atoms with Gasteiger partial charge in [-0.15, -0.1) is 11.3 Å². The van der Waals surface area contributed by atoms with E-state index >= 15 is 0 Å². The van der Waals surface area contributed by atoms with E-state index in [-0.39, 0.29) is 11.7 Å². The summed E-state index contributed by atoms with van der Waals surface area (Å²) in [5, 5.41) is 3.36. The predicted octanol–water partition coefficient (Wildman–Crippen LogP) is 2.95. The smallest absolute Gasteiger partial charge is 0.263 e. The number of nitrogens with zero attached hydrogens (tertiary/aromatic N) is 1. The fourth-order valence-electron chi connectivity index (χ4n) is 2.02. The number of nitrogens with one attached hydrogen (secondary N) is 1. The van der Waals surface area contributed by atoms with Crippen molar-refractivity contribution < 1.29 is 9.18 Å². The number of aromatic nitrogens is 1. The van der Waals surface area contributed by atoms with E-state index in [0.717, 1.165) is 10.3 Å². The van der Waals surface area contributed by atoms with Crippen LogP contribution in [-0.4, -0.2) is 10.9 Å². The molecule has 3 rings (SSSR count). The van der Waals surface area contributed by atoms with Crippen molar-refractivity contribution in [1.82, 2.24) is 10.3 Å². The molecule has 1 amide bonds. The standard InChI is InChI=1S/C15H12FN3OS/c16-10-3-4-12-11(6-10)13(17)14(21-12)15(20)19-8-9-2-1-5-18-7-9/h1-7H,8,17H2,(H,19,20). The highest BCUT2D eigenvalue weighted by atomic mass is 32.1. The summed E-state index contributed by atoms with van der Waals surface area (Å²) in [6.07, 6.45) is 3.35. The number of anilines is 1. The average Bonchev–Trinajstić information content (AvgIpc) is 2.83. The van der Waals surface area contributed by atoms with E-state index in [2.05, 4.69) is 10.3 Å². The minimum Gasteiger partial charge on any atom is -0.397 e. The van der Waals surface area contributed by atoms with Gasteiger partial charge in [-0.3, -0.25) is 9.78 Å². The van der Waals surface area contributed by atoms with Gasteiger partial charge in [0.1, 0.15) is 10.7 Å². The van der Waals surface area contributed by atoms with Gasteiger partial charge in [-0.25, -0.2) is 4.39 Å². The summed E-state index contributed by atoms with van der Waals surface area (Å²) in [7, 11) is 0. The van der Waals surface area contributed by atoms with E-state index < -0.39 is 0 Å². The first-order valence-electron chi connectivity index (χ1n) is 6.30. The number of benzene rings is 1. The molecular formula is C15H12FN3OS. The van der Waals surface area contributed by atoms with Crippen LogP contribution in [-0.2, 0) is 6.54 Å². The molecular weight excluding hydrogens is 289 g/mol. The molecule has 0 saturated heterocycles. The third-order valence-corrected chi connectivity index (χ3v) is 4.26. The Morgan fingerprint density at radius 1 is 1.38 bits per heavy atom. The summed E-state index contributed by atoms with van der Waals surface area (Å²) >= 11 is 1.26. The zero-order chi connectivity index (χ0) is 14.8. The Kier molecular flexibility index (Phi) is 3.53. The Morgan fingerprint density at radius 2 is 2.24 bits per heavy atom. The van der Waals surface area contributed by atoms with Crippen molar-refractivity contribution in [2.75, 3.05) is 5.73 Å². The first kappa shape index (κ1) is 13.5. The molecule has 21 heavy (non-hydrogen) atoms. The second-order valence-corrected chi connectivity index (χ2v) is 5.58. The van der Waals surface area contributed by atoms with Gasteiger partial charge in [0.25, 0.3) is 5.91 Å². The largest absolute Gasteiger partial charge is 0.397 e. The van der Waals surface area contributed by atoms with Crippen molar-refractivity contribution in [3.05, 3.63) is 59.0 Å². The minimum absolute atomic E-state index is 0.266. The van der Waals surface area contributed by atoms with Crippen molar-refractivity contribution in [1.29, 1.82) is 0 Å². The lowest BCUT2D eigenvalue weighted by atomic mass is 10.2. The van der Waals surface area contributed by atoms with E-state index in [1.807, 2.05) is 6.07 Å². The molecule has 1 aromatic carbocycles. The molecule has 0 aliphatic carbocycles. The number of nitrogen functional groups attached to an aromatic ring is 1. The molecule has 106 valence electrons. The molecule has 0 radical (unpaired) electrons. The number of pyridine rings is 1. The Labute approximate surface area is 124 Å². The maximum atomic E-state index is 13.2. The topological polar surface area (TPSA) is 68.0 Å². The zero-order valence-electron chi connectivity index (χ0n) is 11.0. The van der Waals surface area contributed by atoms with Gasteiger partial charge >= 0.3 is 0 Å². The Balaban J connectivity index is 1.83. The zero-order valence-corrected chi connectivity index (χ0v) is 11.8. The van der Waals surface area contributed by atoms with Crippen LogP contribution < -0.4 is 11.1 Å². The monoisotopic (exact) mass is 301 g/mol. The molecule has 4 nitrogen and oxygen atoms in total. The van der Waals surface area contributed by atoms with Crippen molar-refractivity contribution in [3.8, 4) is 0 Å². The number of carbonyl (C=O) groups excluding carboxylic acids is 1. The van der Waals surface area contributed by atoms with Crippen LogP contribution in [0.2, 0.25) is 0 Å². The molecule has 2 heterocycles. The summed E-state index contributed by atoms with van der Waals surface area (Å²) in [5.41, 5.74) is 7.17. The molecule has 0 unspecified atom stereocenters. The van der Waals surface area contributed by atoms with E-state index in [1.54, 1.807) is 24.5 Å². The molecule has 3 aromatic rings. The maximum absolute atomic E-state index is 13.2. The van der Waals surface area contributed by atoms with Crippen LogP contribution in [0.1, 0.15) is 15.2 Å².